The maximum absolute atomic E-state index is 13.9. The van der Waals surface area contributed by atoms with Crippen LogP contribution in [0.3, 0.4) is 0 Å². The van der Waals surface area contributed by atoms with Crippen LogP contribution < -0.4 is 10.1 Å². The van der Waals surface area contributed by atoms with Gasteiger partial charge in [-0.2, -0.15) is 0 Å². The first-order chi connectivity index (χ1) is 23.8. The van der Waals surface area contributed by atoms with Crippen LogP contribution in [0.15, 0.2) is 36.4 Å². The van der Waals surface area contributed by atoms with Crippen LogP contribution >= 0.6 is 0 Å². The van der Waals surface area contributed by atoms with E-state index in [0.717, 1.165) is 44.1 Å². The third-order valence-corrected chi connectivity index (χ3v) is 8.36. The first-order valence-corrected chi connectivity index (χ1v) is 18.3. The second-order valence-electron chi connectivity index (χ2n) is 14.0. The highest BCUT2D eigenvalue weighted by Gasteiger charge is 2.49. The number of unbranched alkanes of at least 4 members (excludes halogenated alkanes) is 8. The zero-order valence-electron chi connectivity index (χ0n) is 31.7. The lowest BCUT2D eigenvalue weighted by atomic mass is 9.82. The third kappa shape index (κ3) is 18.5. The Hall–Kier alpha value is -3.48. The number of hydrogen-bond acceptors (Lipinski definition) is 8. The van der Waals surface area contributed by atoms with Crippen molar-refractivity contribution < 1.29 is 38.5 Å². The number of hydrogen-bond donors (Lipinski definition) is 2. The van der Waals surface area contributed by atoms with Crippen molar-refractivity contribution in [3.05, 3.63) is 42.0 Å². The summed E-state index contributed by atoms with van der Waals surface area (Å²) in [6.07, 6.45) is 14.4. The van der Waals surface area contributed by atoms with Gasteiger partial charge in [-0.3, -0.25) is 14.4 Å². The molecule has 0 aliphatic heterocycles. The molecule has 2 N–H and O–H groups in total. The Bertz CT molecular complexity index is 1250. The number of carbonyl (C=O) groups excluding carboxylic acids is 4. The molecule has 1 rings (SSSR count). The molecular weight excluding hydrogens is 634 g/mol. The molecule has 1 aromatic carbocycles. The van der Waals surface area contributed by atoms with Crippen molar-refractivity contribution in [2.24, 2.45) is 5.92 Å². The molecule has 9 heteroatoms. The van der Waals surface area contributed by atoms with Crippen LogP contribution in [-0.4, -0.2) is 66.1 Å². The van der Waals surface area contributed by atoms with Gasteiger partial charge >= 0.3 is 5.97 Å². The Labute approximate surface area is 301 Å². The Balaban J connectivity index is 3.02. The summed E-state index contributed by atoms with van der Waals surface area (Å²) in [6, 6.07) is 6.27. The van der Waals surface area contributed by atoms with Crippen LogP contribution in [0.2, 0.25) is 0 Å². The van der Waals surface area contributed by atoms with Gasteiger partial charge in [-0.05, 0) is 84.4 Å². The molecule has 280 valence electrons. The second-order valence-corrected chi connectivity index (χ2v) is 14.0. The summed E-state index contributed by atoms with van der Waals surface area (Å²) < 4.78 is 16.4. The summed E-state index contributed by atoms with van der Waals surface area (Å²) in [5.41, 5.74) is -2.37. The van der Waals surface area contributed by atoms with Gasteiger partial charge in [-0.15, -0.1) is 5.92 Å². The molecule has 50 heavy (non-hydrogen) atoms. The fraction of sp³-hybridized carbons (Fsp3) is 0.659. The number of nitrogens with one attached hydrogen (secondary N) is 1. The van der Waals surface area contributed by atoms with Crippen molar-refractivity contribution in [3.8, 4) is 17.6 Å². The average molecular weight is 698 g/mol. The van der Waals surface area contributed by atoms with E-state index in [9.17, 15) is 24.3 Å². The summed E-state index contributed by atoms with van der Waals surface area (Å²) >= 11 is 0. The Morgan fingerprint density at radius 3 is 2.12 bits per heavy atom. The molecule has 0 aromatic heterocycles. The van der Waals surface area contributed by atoms with Crippen molar-refractivity contribution in [1.29, 1.82) is 0 Å². The van der Waals surface area contributed by atoms with E-state index in [0.29, 0.717) is 30.8 Å². The van der Waals surface area contributed by atoms with Crippen molar-refractivity contribution in [2.75, 3.05) is 20.3 Å². The number of benzene rings is 1. The molecule has 0 radical (unpaired) electrons. The van der Waals surface area contributed by atoms with E-state index in [1.165, 1.54) is 33.3 Å². The highest BCUT2D eigenvalue weighted by molar-refractivity contribution is 5.94. The number of allylic oxidation sites excluding steroid dienone is 1. The lowest BCUT2D eigenvalue weighted by molar-refractivity contribution is -0.185. The van der Waals surface area contributed by atoms with Gasteiger partial charge in [-0.25, -0.2) is 4.79 Å². The lowest BCUT2D eigenvalue weighted by Gasteiger charge is -2.35. The van der Waals surface area contributed by atoms with Gasteiger partial charge in [-0.1, -0.05) is 75.7 Å². The molecule has 3 atom stereocenters. The maximum atomic E-state index is 13.9. The highest BCUT2D eigenvalue weighted by atomic mass is 16.6. The van der Waals surface area contributed by atoms with Gasteiger partial charge in [0, 0.05) is 33.0 Å². The number of rotatable bonds is 26. The zero-order chi connectivity index (χ0) is 37.4. The van der Waals surface area contributed by atoms with Crippen LogP contribution in [-0.2, 0) is 35.1 Å². The number of Topliss-reactive ketones (excluding diaryl/α,β-unsaturated/α-hetero) is 2. The van der Waals surface area contributed by atoms with Gasteiger partial charge in [0.05, 0.1) is 12.0 Å². The molecule has 0 saturated carbocycles. The van der Waals surface area contributed by atoms with Gasteiger partial charge in [0.2, 0.25) is 5.91 Å². The lowest BCUT2D eigenvalue weighted by Crippen LogP contribution is -2.56. The van der Waals surface area contributed by atoms with E-state index in [-0.39, 0.29) is 31.8 Å². The first-order valence-electron chi connectivity index (χ1n) is 18.3. The van der Waals surface area contributed by atoms with Crippen LogP contribution in [0, 0.1) is 17.8 Å². The van der Waals surface area contributed by atoms with Crippen LogP contribution in [0.1, 0.15) is 131 Å². The summed E-state index contributed by atoms with van der Waals surface area (Å²) in [6.45, 7) is 10.6. The summed E-state index contributed by atoms with van der Waals surface area (Å²) in [4.78, 5) is 52.4. The molecular formula is C41H63NO8. The Morgan fingerprint density at radius 1 is 0.940 bits per heavy atom. The molecule has 0 fully saturated rings. The van der Waals surface area contributed by atoms with Crippen LogP contribution in [0.5, 0.6) is 5.75 Å². The van der Waals surface area contributed by atoms with Crippen molar-refractivity contribution in [2.45, 2.75) is 149 Å². The molecule has 1 aromatic rings. The van der Waals surface area contributed by atoms with Crippen LogP contribution in [0.25, 0.3) is 0 Å². The van der Waals surface area contributed by atoms with Gasteiger partial charge in [0.25, 0.3) is 0 Å². The fourth-order valence-corrected chi connectivity index (χ4v) is 5.40. The largest absolute Gasteiger partial charge is 0.481 e. The Kier molecular flexibility index (Phi) is 21.9. The van der Waals surface area contributed by atoms with E-state index in [4.69, 9.17) is 14.2 Å². The number of ketones is 2. The first kappa shape index (κ1) is 44.5. The molecule has 0 heterocycles. The molecule has 0 aliphatic rings. The smallest absolute Gasteiger partial charge is 0.339 e. The number of esters is 1. The van der Waals surface area contributed by atoms with E-state index in [1.807, 2.05) is 12.1 Å². The molecule has 0 bridgehead atoms. The maximum Gasteiger partial charge on any atom is 0.339 e. The monoisotopic (exact) mass is 697 g/mol. The SMILES string of the molecule is CC#CCOc1ccc(C[C@H](NC(=O)[C@@H](/C=C/CCCCCCC(=O)CCCCCCC)[C@@](O)(CCOC)C(=O)OC(C)(C)C)C(C)=O)cc1. The fourth-order valence-electron chi connectivity index (χ4n) is 5.40. The number of aliphatic hydroxyl groups is 1. The normalized spacial score (nSPS) is 13.8. The molecule has 0 unspecified atom stereocenters. The Morgan fingerprint density at radius 2 is 1.56 bits per heavy atom. The molecule has 0 saturated heterocycles. The summed E-state index contributed by atoms with van der Waals surface area (Å²) in [7, 11) is 1.45. The van der Waals surface area contributed by atoms with Crippen molar-refractivity contribution >= 4 is 23.4 Å². The van der Waals surface area contributed by atoms with Crippen LogP contribution in [0.4, 0.5) is 0 Å². The number of amides is 1. The number of methoxy groups -OCH3 is 1. The standard InChI is InChI=1S/C41H63NO8/c1-8-10-12-15-18-21-34(44)22-19-16-13-14-17-20-23-36(41(47,28-30-48-7)39(46)50-40(4,5)6)38(45)42-37(32(3)43)31-33-24-26-35(27-25-33)49-29-11-9-2/h20,23-27,36-37,47H,8,10,12-19,21-22,28-31H2,1-7H3,(H,42,45)/b23-20+/t36-,37+,41+/m1/s1. The second kappa shape index (κ2) is 24.6. The van der Waals surface area contributed by atoms with E-state index in [1.54, 1.807) is 52.0 Å². The van der Waals surface area contributed by atoms with Gasteiger partial charge < -0.3 is 24.6 Å². The van der Waals surface area contributed by atoms with Gasteiger partial charge in [0.15, 0.2) is 11.4 Å². The summed E-state index contributed by atoms with van der Waals surface area (Å²) in [5.74, 6) is 3.35. The molecule has 1 amide bonds. The average Bonchev–Trinajstić information content (AvgIpc) is 3.06. The molecule has 0 spiro atoms. The number of ether oxygens (including phenoxy) is 3. The summed E-state index contributed by atoms with van der Waals surface area (Å²) in [5, 5.41) is 14.7. The predicted octanol–water partition coefficient (Wildman–Crippen LogP) is 7.26. The molecule has 9 nitrogen and oxygen atoms in total. The highest BCUT2D eigenvalue weighted by Crippen LogP contribution is 2.29. The van der Waals surface area contributed by atoms with E-state index < -0.39 is 35.0 Å². The zero-order valence-corrected chi connectivity index (χ0v) is 31.7. The van der Waals surface area contributed by atoms with Crippen molar-refractivity contribution in [1.82, 2.24) is 5.32 Å². The van der Waals surface area contributed by atoms with E-state index in [2.05, 4.69) is 24.1 Å². The molecule has 0 aliphatic carbocycles. The number of carbonyl (C=O) groups is 4. The predicted molar refractivity (Wildman–Crippen MR) is 198 cm³/mol. The minimum Gasteiger partial charge on any atom is -0.481 e. The van der Waals surface area contributed by atoms with Crippen molar-refractivity contribution in [3.63, 3.8) is 0 Å². The quantitative estimate of drug-likeness (QED) is 0.0448. The van der Waals surface area contributed by atoms with Gasteiger partial charge in [0.1, 0.15) is 23.7 Å². The topological polar surface area (TPSA) is 128 Å². The third-order valence-electron chi connectivity index (χ3n) is 8.36. The van der Waals surface area contributed by atoms with E-state index >= 15 is 0 Å². The minimum absolute atomic E-state index is 0.000776. The minimum atomic E-state index is -2.25.